The number of aromatic nitrogens is 2. The molecule has 0 aliphatic carbocycles. The zero-order valence-corrected chi connectivity index (χ0v) is 11.9. The van der Waals surface area contributed by atoms with Gasteiger partial charge in [-0.15, -0.1) is 0 Å². The van der Waals surface area contributed by atoms with Crippen LogP contribution in [0.5, 0.6) is 0 Å². The zero-order valence-electron chi connectivity index (χ0n) is 11.9. The number of β-amino-alcohol motifs (C(OH)–C–C–N with tert-alkyl or cyclic N) is 1. The first-order valence-electron chi connectivity index (χ1n) is 6.91. The zero-order chi connectivity index (χ0) is 15.9. The molecule has 7 heteroatoms. The first-order valence-corrected chi connectivity index (χ1v) is 6.91. The Hall–Kier alpha value is -2.28. The number of carbonyl (C=O) groups is 1. The molecule has 0 saturated carbocycles. The minimum atomic E-state index is -0.777. The Kier molecular flexibility index (Phi) is 3.66. The van der Waals surface area contributed by atoms with Gasteiger partial charge in [-0.1, -0.05) is 0 Å². The number of aromatic amines is 1. The average Bonchev–Trinajstić information content (AvgIpc) is 3.07. The molecule has 2 unspecified atom stereocenters. The third-order valence-electron chi connectivity index (χ3n) is 3.79. The predicted molar refractivity (Wildman–Crippen MR) is 74.1 cm³/mol. The highest BCUT2D eigenvalue weighted by Gasteiger charge is 2.37. The molecule has 0 radical (unpaired) electrons. The number of rotatable bonds is 2. The second-order valence-corrected chi connectivity index (χ2v) is 5.41. The van der Waals surface area contributed by atoms with Crippen molar-refractivity contribution in [1.82, 2.24) is 14.9 Å². The molecule has 5 nitrogen and oxygen atoms in total. The quantitative estimate of drug-likeness (QED) is 0.891. The maximum atomic E-state index is 14.0. The monoisotopic (exact) mass is 307 g/mol. The van der Waals surface area contributed by atoms with Crippen LogP contribution in [0.1, 0.15) is 34.3 Å². The van der Waals surface area contributed by atoms with Gasteiger partial charge < -0.3 is 15.0 Å². The highest BCUT2D eigenvalue weighted by molar-refractivity contribution is 5.92. The SMILES string of the molecule is Cc1ncc(C(=O)N2CC(O)CC2c2cc(F)ccc2F)[nH]1. The van der Waals surface area contributed by atoms with Crippen LogP contribution in [-0.2, 0) is 0 Å². The summed E-state index contributed by atoms with van der Waals surface area (Å²) in [4.78, 5) is 20.6. The highest BCUT2D eigenvalue weighted by atomic mass is 19.1. The van der Waals surface area contributed by atoms with Crippen molar-refractivity contribution in [3.63, 3.8) is 0 Å². The van der Waals surface area contributed by atoms with Crippen LogP contribution in [0.2, 0.25) is 0 Å². The smallest absolute Gasteiger partial charge is 0.272 e. The van der Waals surface area contributed by atoms with E-state index in [0.717, 1.165) is 18.2 Å². The van der Waals surface area contributed by atoms with Crippen LogP contribution >= 0.6 is 0 Å². The number of likely N-dealkylation sites (tertiary alicyclic amines) is 1. The summed E-state index contributed by atoms with van der Waals surface area (Å²) in [6, 6.07) is 2.41. The van der Waals surface area contributed by atoms with E-state index in [9.17, 15) is 18.7 Å². The maximum absolute atomic E-state index is 14.0. The van der Waals surface area contributed by atoms with E-state index < -0.39 is 29.7 Å². The lowest BCUT2D eigenvalue weighted by Crippen LogP contribution is -2.32. The standard InChI is InChI=1S/C15H15F2N3O2/c1-8-18-6-13(19-8)15(22)20-7-10(21)5-14(20)11-4-9(16)2-3-12(11)17/h2-4,6,10,14,21H,5,7H2,1H3,(H,18,19). The van der Waals surface area contributed by atoms with Crippen LogP contribution in [0.4, 0.5) is 8.78 Å². The Morgan fingerprint density at radius 1 is 1.45 bits per heavy atom. The molecule has 22 heavy (non-hydrogen) atoms. The van der Waals surface area contributed by atoms with E-state index in [1.807, 2.05) is 0 Å². The van der Waals surface area contributed by atoms with Crippen molar-refractivity contribution in [1.29, 1.82) is 0 Å². The summed E-state index contributed by atoms with van der Waals surface area (Å²) in [6.45, 7) is 1.77. The first kappa shape index (κ1) is 14.6. The number of H-pyrrole nitrogens is 1. The maximum Gasteiger partial charge on any atom is 0.272 e. The van der Waals surface area contributed by atoms with Gasteiger partial charge in [0.2, 0.25) is 0 Å². The predicted octanol–water partition coefficient (Wildman–Crippen LogP) is 1.94. The van der Waals surface area contributed by atoms with Crippen molar-refractivity contribution in [2.24, 2.45) is 0 Å². The number of hydrogen-bond acceptors (Lipinski definition) is 3. The van der Waals surface area contributed by atoms with Crippen LogP contribution < -0.4 is 0 Å². The molecule has 2 N–H and O–H groups in total. The first-order chi connectivity index (χ1) is 10.5. The number of imidazole rings is 1. The van der Waals surface area contributed by atoms with Crippen molar-refractivity contribution < 1.29 is 18.7 Å². The second kappa shape index (κ2) is 5.49. The number of amides is 1. The fourth-order valence-corrected chi connectivity index (χ4v) is 2.79. The molecule has 1 amide bonds. The number of benzene rings is 1. The van der Waals surface area contributed by atoms with E-state index in [2.05, 4.69) is 9.97 Å². The van der Waals surface area contributed by atoms with E-state index in [1.165, 1.54) is 11.1 Å². The van der Waals surface area contributed by atoms with Crippen molar-refractivity contribution in [2.45, 2.75) is 25.5 Å². The molecule has 1 aromatic carbocycles. The Bertz CT molecular complexity index is 717. The minimum absolute atomic E-state index is 0.0670. The molecular weight excluding hydrogens is 292 g/mol. The number of carbonyl (C=O) groups excluding carboxylic acids is 1. The Morgan fingerprint density at radius 3 is 2.91 bits per heavy atom. The van der Waals surface area contributed by atoms with Crippen LogP contribution in [-0.4, -0.2) is 38.5 Å². The van der Waals surface area contributed by atoms with Crippen molar-refractivity contribution in [2.75, 3.05) is 6.54 Å². The molecule has 1 aromatic heterocycles. The summed E-state index contributed by atoms with van der Waals surface area (Å²) in [7, 11) is 0. The average molecular weight is 307 g/mol. The number of hydrogen-bond donors (Lipinski definition) is 2. The molecule has 2 atom stereocenters. The lowest BCUT2D eigenvalue weighted by atomic mass is 10.0. The van der Waals surface area contributed by atoms with Crippen LogP contribution in [0.15, 0.2) is 24.4 Å². The Morgan fingerprint density at radius 2 is 2.23 bits per heavy atom. The summed E-state index contributed by atoms with van der Waals surface area (Å²) in [5.74, 6) is -0.996. The van der Waals surface area contributed by atoms with Crippen LogP contribution in [0.3, 0.4) is 0 Å². The summed E-state index contributed by atoms with van der Waals surface area (Å²) in [5.41, 5.74) is 0.328. The van der Waals surface area contributed by atoms with Crippen molar-refractivity contribution >= 4 is 5.91 Å². The van der Waals surface area contributed by atoms with E-state index in [1.54, 1.807) is 6.92 Å². The number of aryl methyl sites for hydroxylation is 1. The molecule has 2 heterocycles. The lowest BCUT2D eigenvalue weighted by Gasteiger charge is -2.24. The molecule has 1 aliphatic rings. The molecular formula is C15H15F2N3O2. The van der Waals surface area contributed by atoms with E-state index >= 15 is 0 Å². The van der Waals surface area contributed by atoms with Gasteiger partial charge in [-0.3, -0.25) is 4.79 Å². The molecule has 0 spiro atoms. The fourth-order valence-electron chi connectivity index (χ4n) is 2.79. The van der Waals surface area contributed by atoms with Gasteiger partial charge in [0, 0.05) is 12.1 Å². The van der Waals surface area contributed by atoms with Crippen LogP contribution in [0, 0.1) is 18.6 Å². The van der Waals surface area contributed by atoms with Gasteiger partial charge in [0.15, 0.2) is 0 Å². The molecule has 116 valence electrons. The third-order valence-corrected chi connectivity index (χ3v) is 3.79. The lowest BCUT2D eigenvalue weighted by molar-refractivity contribution is 0.0708. The fraction of sp³-hybridized carbons (Fsp3) is 0.333. The second-order valence-electron chi connectivity index (χ2n) is 5.41. The van der Waals surface area contributed by atoms with Crippen molar-refractivity contribution in [3.05, 3.63) is 53.1 Å². The van der Waals surface area contributed by atoms with Gasteiger partial charge in [0.25, 0.3) is 5.91 Å². The van der Waals surface area contributed by atoms with Gasteiger partial charge in [-0.05, 0) is 31.5 Å². The van der Waals surface area contributed by atoms with Crippen molar-refractivity contribution in [3.8, 4) is 0 Å². The summed E-state index contributed by atoms with van der Waals surface area (Å²) >= 11 is 0. The number of halogens is 2. The number of nitrogens with one attached hydrogen (secondary N) is 1. The molecule has 1 aliphatic heterocycles. The summed E-state index contributed by atoms with van der Waals surface area (Å²) in [6.07, 6.45) is 0.779. The number of nitrogens with zero attached hydrogens (tertiary/aromatic N) is 2. The van der Waals surface area contributed by atoms with Gasteiger partial charge in [-0.2, -0.15) is 0 Å². The van der Waals surface area contributed by atoms with E-state index in [4.69, 9.17) is 0 Å². The topological polar surface area (TPSA) is 69.2 Å². The summed E-state index contributed by atoms with van der Waals surface area (Å²) < 4.78 is 27.4. The summed E-state index contributed by atoms with van der Waals surface area (Å²) in [5, 5.41) is 9.86. The van der Waals surface area contributed by atoms with E-state index in [-0.39, 0.29) is 24.2 Å². The molecule has 2 aromatic rings. The normalized spacial score (nSPS) is 21.4. The van der Waals surface area contributed by atoms with Crippen LogP contribution in [0.25, 0.3) is 0 Å². The van der Waals surface area contributed by atoms with E-state index in [0.29, 0.717) is 5.82 Å². The highest BCUT2D eigenvalue weighted by Crippen LogP contribution is 2.34. The third kappa shape index (κ3) is 2.59. The minimum Gasteiger partial charge on any atom is -0.391 e. The Labute approximate surface area is 125 Å². The molecule has 0 bridgehead atoms. The molecule has 3 rings (SSSR count). The van der Waals surface area contributed by atoms with Gasteiger partial charge >= 0.3 is 0 Å². The van der Waals surface area contributed by atoms with Gasteiger partial charge in [-0.25, -0.2) is 13.8 Å². The molecule has 1 saturated heterocycles. The number of aliphatic hydroxyl groups is 1. The largest absolute Gasteiger partial charge is 0.391 e. The van der Waals surface area contributed by atoms with Gasteiger partial charge in [0.05, 0.1) is 18.3 Å². The van der Waals surface area contributed by atoms with Gasteiger partial charge in [0.1, 0.15) is 23.2 Å². The number of aliphatic hydroxyl groups excluding tert-OH is 1. The molecule has 1 fully saturated rings. The Balaban J connectivity index is 1.95.